The molecular formula is C17H25ClN2O2. The third-order valence-corrected chi connectivity index (χ3v) is 4.28. The zero-order valence-corrected chi connectivity index (χ0v) is 14.3. The van der Waals surface area contributed by atoms with Crippen molar-refractivity contribution in [3.05, 3.63) is 29.3 Å². The average molecular weight is 325 g/mol. The Morgan fingerprint density at radius 3 is 2.82 bits per heavy atom. The molecule has 5 heteroatoms. The number of carbonyl (C=O) groups excluding carboxylic acids is 1. The lowest BCUT2D eigenvalue weighted by molar-refractivity contribution is -0.121. The van der Waals surface area contributed by atoms with Gasteiger partial charge >= 0.3 is 0 Å². The number of hydrogen-bond donors (Lipinski definition) is 0. The maximum absolute atomic E-state index is 12.6. The first-order valence-corrected chi connectivity index (χ1v) is 8.26. The summed E-state index contributed by atoms with van der Waals surface area (Å²) in [5, 5.41) is 0.629. The van der Waals surface area contributed by atoms with Crippen LogP contribution >= 0.6 is 11.6 Å². The SMILES string of the molecule is CC(C)OCCCN(C)[C@@H]1CCN(c2ccccc2Cl)C1=O. The van der Waals surface area contributed by atoms with Crippen molar-refractivity contribution in [2.75, 3.05) is 31.6 Å². The minimum atomic E-state index is -0.0599. The molecule has 0 bridgehead atoms. The van der Waals surface area contributed by atoms with E-state index in [2.05, 4.69) is 4.90 Å². The van der Waals surface area contributed by atoms with Crippen LogP contribution in [0.4, 0.5) is 5.69 Å². The summed E-state index contributed by atoms with van der Waals surface area (Å²) < 4.78 is 5.55. The Labute approximate surface area is 138 Å². The standard InChI is InChI=1S/C17H25ClN2O2/c1-13(2)22-12-6-10-19(3)16-9-11-20(17(16)21)15-8-5-4-7-14(15)18/h4-5,7-8,13,16H,6,9-12H2,1-3H3/t16-/m1/s1. The molecule has 1 fully saturated rings. The molecule has 1 aliphatic heterocycles. The monoisotopic (exact) mass is 324 g/mol. The lowest BCUT2D eigenvalue weighted by Crippen LogP contribution is -2.40. The van der Waals surface area contributed by atoms with E-state index in [1.54, 1.807) is 4.90 Å². The second-order valence-electron chi connectivity index (χ2n) is 6.00. The molecule has 0 unspecified atom stereocenters. The van der Waals surface area contributed by atoms with E-state index < -0.39 is 0 Å². The van der Waals surface area contributed by atoms with Crippen LogP contribution in [0.5, 0.6) is 0 Å². The number of likely N-dealkylation sites (N-methyl/N-ethyl adjacent to an activating group) is 1. The molecule has 0 saturated carbocycles. The summed E-state index contributed by atoms with van der Waals surface area (Å²) in [4.78, 5) is 16.6. The predicted octanol–water partition coefficient (Wildman–Crippen LogP) is 3.19. The number of anilines is 1. The first-order valence-electron chi connectivity index (χ1n) is 7.88. The van der Waals surface area contributed by atoms with E-state index in [-0.39, 0.29) is 18.1 Å². The molecular weight excluding hydrogens is 300 g/mol. The molecule has 1 heterocycles. The van der Waals surface area contributed by atoms with E-state index in [0.717, 1.165) is 38.2 Å². The molecule has 122 valence electrons. The molecule has 0 aromatic heterocycles. The maximum atomic E-state index is 12.6. The van der Waals surface area contributed by atoms with Crippen molar-refractivity contribution in [2.24, 2.45) is 0 Å². The second-order valence-corrected chi connectivity index (χ2v) is 6.41. The summed E-state index contributed by atoms with van der Waals surface area (Å²) in [6, 6.07) is 7.46. The van der Waals surface area contributed by atoms with Crippen molar-refractivity contribution in [2.45, 2.75) is 38.8 Å². The van der Waals surface area contributed by atoms with Crippen LogP contribution < -0.4 is 4.90 Å². The Kier molecular flexibility index (Phi) is 6.24. The largest absolute Gasteiger partial charge is 0.379 e. The zero-order valence-electron chi connectivity index (χ0n) is 13.6. The third kappa shape index (κ3) is 4.22. The Morgan fingerprint density at radius 2 is 2.14 bits per heavy atom. The van der Waals surface area contributed by atoms with E-state index in [1.807, 2.05) is 45.2 Å². The van der Waals surface area contributed by atoms with Gasteiger partial charge in [0.2, 0.25) is 5.91 Å². The van der Waals surface area contributed by atoms with Crippen molar-refractivity contribution in [3.63, 3.8) is 0 Å². The van der Waals surface area contributed by atoms with Crippen LogP contribution in [0.25, 0.3) is 0 Å². The van der Waals surface area contributed by atoms with Gasteiger partial charge in [0.15, 0.2) is 0 Å². The fourth-order valence-electron chi connectivity index (χ4n) is 2.77. The van der Waals surface area contributed by atoms with Crippen LogP contribution in [-0.4, -0.2) is 49.7 Å². The van der Waals surface area contributed by atoms with Crippen LogP contribution in [0.2, 0.25) is 5.02 Å². The Hall–Kier alpha value is -1.10. The van der Waals surface area contributed by atoms with Crippen LogP contribution in [0.15, 0.2) is 24.3 Å². The Bertz CT molecular complexity index is 507. The van der Waals surface area contributed by atoms with Crippen LogP contribution in [0.3, 0.4) is 0 Å². The van der Waals surface area contributed by atoms with Gasteiger partial charge in [-0.15, -0.1) is 0 Å². The molecule has 1 aromatic carbocycles. The zero-order chi connectivity index (χ0) is 16.1. The normalized spacial score (nSPS) is 18.7. The fourth-order valence-corrected chi connectivity index (χ4v) is 3.01. The summed E-state index contributed by atoms with van der Waals surface area (Å²) in [7, 11) is 2.01. The summed E-state index contributed by atoms with van der Waals surface area (Å²) in [6.45, 7) is 6.38. The molecule has 1 atom stereocenters. The van der Waals surface area contributed by atoms with E-state index in [4.69, 9.17) is 16.3 Å². The summed E-state index contributed by atoms with van der Waals surface area (Å²) in [5.74, 6) is 0.139. The van der Waals surface area contributed by atoms with Gasteiger partial charge in [0.05, 0.1) is 22.9 Å². The van der Waals surface area contributed by atoms with Crippen molar-refractivity contribution in [1.29, 1.82) is 0 Å². The number of benzene rings is 1. The number of hydrogen-bond acceptors (Lipinski definition) is 3. The molecule has 0 aliphatic carbocycles. The van der Waals surface area contributed by atoms with Gasteiger partial charge in [0.25, 0.3) is 0 Å². The number of halogens is 1. The molecule has 22 heavy (non-hydrogen) atoms. The van der Waals surface area contributed by atoms with Crippen LogP contribution in [0, 0.1) is 0 Å². The quantitative estimate of drug-likeness (QED) is 0.722. The fraction of sp³-hybridized carbons (Fsp3) is 0.588. The van der Waals surface area contributed by atoms with Gasteiger partial charge in [-0.1, -0.05) is 23.7 Å². The Morgan fingerprint density at radius 1 is 1.41 bits per heavy atom. The number of carbonyl (C=O) groups is 1. The lowest BCUT2D eigenvalue weighted by atomic mass is 10.2. The molecule has 0 N–H and O–H groups in total. The highest BCUT2D eigenvalue weighted by atomic mass is 35.5. The minimum Gasteiger partial charge on any atom is -0.379 e. The smallest absolute Gasteiger partial charge is 0.244 e. The highest BCUT2D eigenvalue weighted by Crippen LogP contribution is 2.30. The van der Waals surface area contributed by atoms with Gasteiger partial charge in [-0.3, -0.25) is 9.69 Å². The number of nitrogens with zero attached hydrogens (tertiary/aromatic N) is 2. The summed E-state index contributed by atoms with van der Waals surface area (Å²) in [5.41, 5.74) is 0.813. The molecule has 1 aliphatic rings. The molecule has 1 amide bonds. The maximum Gasteiger partial charge on any atom is 0.244 e. The minimum absolute atomic E-state index is 0.0599. The molecule has 2 rings (SSSR count). The van der Waals surface area contributed by atoms with E-state index in [9.17, 15) is 4.79 Å². The third-order valence-electron chi connectivity index (χ3n) is 3.96. The number of rotatable bonds is 7. The predicted molar refractivity (Wildman–Crippen MR) is 90.5 cm³/mol. The first kappa shape index (κ1) is 17.3. The van der Waals surface area contributed by atoms with Gasteiger partial charge < -0.3 is 9.64 Å². The van der Waals surface area contributed by atoms with Gasteiger partial charge in [0.1, 0.15) is 0 Å². The first-order chi connectivity index (χ1) is 10.5. The average Bonchev–Trinajstić information content (AvgIpc) is 2.85. The molecule has 0 radical (unpaired) electrons. The van der Waals surface area contributed by atoms with E-state index >= 15 is 0 Å². The van der Waals surface area contributed by atoms with Crippen molar-refractivity contribution in [1.82, 2.24) is 4.90 Å². The van der Waals surface area contributed by atoms with E-state index in [1.165, 1.54) is 0 Å². The molecule has 1 saturated heterocycles. The second kappa shape index (κ2) is 7.95. The number of amides is 1. The summed E-state index contributed by atoms with van der Waals surface area (Å²) >= 11 is 6.20. The number of para-hydroxylation sites is 1. The Balaban J connectivity index is 1.89. The van der Waals surface area contributed by atoms with E-state index in [0.29, 0.717) is 5.02 Å². The van der Waals surface area contributed by atoms with Crippen molar-refractivity contribution in [3.8, 4) is 0 Å². The summed E-state index contributed by atoms with van der Waals surface area (Å²) in [6.07, 6.45) is 2.03. The number of ether oxygens (including phenoxy) is 1. The van der Waals surface area contributed by atoms with Crippen LogP contribution in [-0.2, 0) is 9.53 Å². The van der Waals surface area contributed by atoms with Crippen molar-refractivity contribution >= 4 is 23.2 Å². The van der Waals surface area contributed by atoms with Gasteiger partial charge in [-0.05, 0) is 45.9 Å². The topological polar surface area (TPSA) is 32.8 Å². The lowest BCUT2D eigenvalue weighted by Gasteiger charge is -2.24. The highest BCUT2D eigenvalue weighted by Gasteiger charge is 2.35. The van der Waals surface area contributed by atoms with Crippen molar-refractivity contribution < 1.29 is 9.53 Å². The molecule has 1 aromatic rings. The van der Waals surface area contributed by atoms with Gasteiger partial charge in [-0.25, -0.2) is 0 Å². The van der Waals surface area contributed by atoms with Gasteiger partial charge in [0, 0.05) is 19.7 Å². The molecule has 4 nitrogen and oxygen atoms in total. The van der Waals surface area contributed by atoms with Gasteiger partial charge in [-0.2, -0.15) is 0 Å². The highest BCUT2D eigenvalue weighted by molar-refractivity contribution is 6.33. The molecule has 0 spiro atoms. The van der Waals surface area contributed by atoms with Crippen LogP contribution in [0.1, 0.15) is 26.7 Å².